The fraction of sp³-hybridized carbons (Fsp3) is 0.250. The lowest BCUT2D eigenvalue weighted by atomic mass is 9.91. The molecule has 1 aromatic carbocycles. The third-order valence-corrected chi connectivity index (χ3v) is 3.02. The highest BCUT2D eigenvalue weighted by molar-refractivity contribution is 5.82. The molecule has 0 saturated carbocycles. The average molecular weight is 245 g/mol. The van der Waals surface area contributed by atoms with Gasteiger partial charge < -0.3 is 14.9 Å². The van der Waals surface area contributed by atoms with Gasteiger partial charge in [0.15, 0.2) is 0 Å². The highest BCUT2D eigenvalue weighted by Crippen LogP contribution is 2.35. The minimum Gasteiger partial charge on any atom is -0.475 e. The summed E-state index contributed by atoms with van der Waals surface area (Å²) in [5, 5.41) is 15.5. The quantitative estimate of drug-likeness (QED) is 0.837. The van der Waals surface area contributed by atoms with E-state index >= 15 is 0 Å². The number of nitrogens with one attached hydrogen (secondary N) is 1. The Balaban J connectivity index is 2.00. The summed E-state index contributed by atoms with van der Waals surface area (Å²) in [6.45, 7) is 0.798. The first kappa shape index (κ1) is 10.8. The van der Waals surface area contributed by atoms with Crippen molar-refractivity contribution in [2.45, 2.75) is 12.3 Å². The van der Waals surface area contributed by atoms with Crippen molar-refractivity contribution in [3.8, 4) is 0 Å². The molecule has 1 unspecified atom stereocenters. The fourth-order valence-electron chi connectivity index (χ4n) is 2.19. The van der Waals surface area contributed by atoms with Crippen molar-refractivity contribution in [1.82, 2.24) is 10.1 Å². The van der Waals surface area contributed by atoms with E-state index in [2.05, 4.69) is 15.5 Å². The van der Waals surface area contributed by atoms with Crippen LogP contribution in [0.4, 0.5) is 5.69 Å². The molecule has 18 heavy (non-hydrogen) atoms. The van der Waals surface area contributed by atoms with Gasteiger partial charge in [0.25, 0.3) is 5.82 Å². The van der Waals surface area contributed by atoms with Gasteiger partial charge in [-0.15, -0.1) is 0 Å². The maximum atomic E-state index is 10.7. The highest BCUT2D eigenvalue weighted by atomic mass is 16.5. The highest BCUT2D eigenvalue weighted by Gasteiger charge is 2.27. The van der Waals surface area contributed by atoms with Gasteiger partial charge in [0.1, 0.15) is 0 Å². The van der Waals surface area contributed by atoms with Crippen LogP contribution in [0.2, 0.25) is 0 Å². The number of hydrogen-bond donors (Lipinski definition) is 2. The lowest BCUT2D eigenvalue weighted by molar-refractivity contribution is 0.0680. The Hall–Kier alpha value is -2.37. The summed E-state index contributed by atoms with van der Waals surface area (Å²) >= 11 is 0. The zero-order chi connectivity index (χ0) is 12.5. The van der Waals surface area contributed by atoms with Crippen LogP contribution in [-0.4, -0.2) is 27.8 Å². The zero-order valence-electron chi connectivity index (χ0n) is 9.46. The van der Waals surface area contributed by atoms with Gasteiger partial charge in [-0.2, -0.15) is 4.98 Å². The molecule has 3 rings (SSSR count). The van der Waals surface area contributed by atoms with Crippen LogP contribution in [0.25, 0.3) is 0 Å². The van der Waals surface area contributed by atoms with Crippen LogP contribution in [0.1, 0.15) is 34.4 Å². The number of hydrogen-bond acceptors (Lipinski definition) is 5. The van der Waals surface area contributed by atoms with E-state index in [1.807, 2.05) is 24.3 Å². The third-order valence-electron chi connectivity index (χ3n) is 3.02. The Kier molecular flexibility index (Phi) is 2.47. The van der Waals surface area contributed by atoms with Crippen molar-refractivity contribution in [3.63, 3.8) is 0 Å². The van der Waals surface area contributed by atoms with Crippen LogP contribution in [0.3, 0.4) is 0 Å². The number of fused-ring (bicyclic) bond motifs is 1. The molecular weight excluding hydrogens is 234 g/mol. The molecule has 1 aliphatic rings. The second-order valence-electron chi connectivity index (χ2n) is 4.12. The largest absolute Gasteiger partial charge is 0.475 e. The molecule has 2 aromatic rings. The molecule has 0 aliphatic carbocycles. The van der Waals surface area contributed by atoms with Gasteiger partial charge in [-0.1, -0.05) is 18.2 Å². The number of benzene rings is 1. The number of rotatable bonds is 2. The standard InChI is InChI=1S/C12H11N3O3/c16-12(17)10-14-11(18-15-10)8-5-6-13-9-4-2-1-3-7(8)9/h1-4,8,13H,5-6H2,(H,16,17). The second kappa shape index (κ2) is 4.14. The minimum absolute atomic E-state index is 0.0388. The van der Waals surface area contributed by atoms with Crippen LogP contribution in [-0.2, 0) is 0 Å². The van der Waals surface area contributed by atoms with Gasteiger partial charge in [0, 0.05) is 12.2 Å². The number of para-hydroxylation sites is 1. The van der Waals surface area contributed by atoms with Gasteiger partial charge >= 0.3 is 5.97 Å². The number of carboxylic acid groups (broad SMARTS) is 1. The van der Waals surface area contributed by atoms with Crippen molar-refractivity contribution in [2.24, 2.45) is 0 Å². The molecule has 6 heteroatoms. The molecule has 0 saturated heterocycles. The van der Waals surface area contributed by atoms with E-state index < -0.39 is 5.97 Å². The second-order valence-corrected chi connectivity index (χ2v) is 4.12. The van der Waals surface area contributed by atoms with E-state index in [1.165, 1.54) is 0 Å². The topological polar surface area (TPSA) is 88.2 Å². The molecule has 92 valence electrons. The Morgan fingerprint density at radius 2 is 2.28 bits per heavy atom. The Bertz CT molecular complexity index is 594. The molecular formula is C12H11N3O3. The molecule has 0 fully saturated rings. The van der Waals surface area contributed by atoms with Crippen LogP contribution in [0.5, 0.6) is 0 Å². The fourth-order valence-corrected chi connectivity index (χ4v) is 2.19. The number of carboxylic acids is 1. The van der Waals surface area contributed by atoms with Crippen molar-refractivity contribution < 1.29 is 14.4 Å². The predicted octanol–water partition coefficient (Wildman–Crippen LogP) is 1.72. The first-order valence-corrected chi connectivity index (χ1v) is 5.65. The van der Waals surface area contributed by atoms with E-state index in [-0.39, 0.29) is 11.7 Å². The van der Waals surface area contributed by atoms with Crippen LogP contribution in [0, 0.1) is 0 Å². The third kappa shape index (κ3) is 1.71. The van der Waals surface area contributed by atoms with E-state index in [4.69, 9.17) is 9.63 Å². The van der Waals surface area contributed by atoms with Crippen molar-refractivity contribution in [2.75, 3.05) is 11.9 Å². The monoisotopic (exact) mass is 245 g/mol. The number of aromatic nitrogens is 2. The van der Waals surface area contributed by atoms with E-state index in [9.17, 15) is 4.79 Å². The summed E-state index contributed by atoms with van der Waals surface area (Å²) < 4.78 is 5.05. The molecule has 2 heterocycles. The molecule has 0 spiro atoms. The maximum absolute atomic E-state index is 10.7. The van der Waals surface area contributed by atoms with Crippen LogP contribution < -0.4 is 5.32 Å². The molecule has 0 radical (unpaired) electrons. The molecule has 1 aliphatic heterocycles. The zero-order valence-corrected chi connectivity index (χ0v) is 9.46. The number of nitrogens with zero attached hydrogens (tertiary/aromatic N) is 2. The predicted molar refractivity (Wildman–Crippen MR) is 62.6 cm³/mol. The first-order chi connectivity index (χ1) is 8.75. The van der Waals surface area contributed by atoms with E-state index in [0.29, 0.717) is 5.89 Å². The Morgan fingerprint density at radius 1 is 1.44 bits per heavy atom. The minimum atomic E-state index is -1.17. The van der Waals surface area contributed by atoms with Gasteiger partial charge in [0.05, 0.1) is 5.92 Å². The van der Waals surface area contributed by atoms with E-state index in [1.54, 1.807) is 0 Å². The smallest absolute Gasteiger partial charge is 0.377 e. The summed E-state index contributed by atoms with van der Waals surface area (Å²) in [4.78, 5) is 14.7. The van der Waals surface area contributed by atoms with Gasteiger partial charge in [0.2, 0.25) is 5.89 Å². The Labute approximate surface area is 103 Å². The lowest BCUT2D eigenvalue weighted by Gasteiger charge is -2.23. The number of aromatic carboxylic acids is 1. The summed E-state index contributed by atoms with van der Waals surface area (Å²) in [5.41, 5.74) is 2.09. The molecule has 0 bridgehead atoms. The van der Waals surface area contributed by atoms with Crippen LogP contribution in [0.15, 0.2) is 28.8 Å². The summed E-state index contributed by atoms with van der Waals surface area (Å²) in [6.07, 6.45) is 0.804. The maximum Gasteiger partial charge on any atom is 0.377 e. The summed E-state index contributed by atoms with van der Waals surface area (Å²) in [6, 6.07) is 7.85. The molecule has 1 atom stereocenters. The van der Waals surface area contributed by atoms with Crippen molar-refractivity contribution >= 4 is 11.7 Å². The number of anilines is 1. The number of carbonyl (C=O) groups is 1. The molecule has 2 N–H and O–H groups in total. The molecule has 0 amide bonds. The van der Waals surface area contributed by atoms with Crippen molar-refractivity contribution in [1.29, 1.82) is 0 Å². The summed E-state index contributed by atoms with van der Waals surface area (Å²) in [5.74, 6) is -1.14. The lowest BCUT2D eigenvalue weighted by Crippen LogP contribution is -2.17. The first-order valence-electron chi connectivity index (χ1n) is 5.65. The van der Waals surface area contributed by atoms with Crippen molar-refractivity contribution in [3.05, 3.63) is 41.5 Å². The van der Waals surface area contributed by atoms with Gasteiger partial charge in [-0.3, -0.25) is 0 Å². The normalized spacial score (nSPS) is 17.9. The van der Waals surface area contributed by atoms with Gasteiger partial charge in [-0.25, -0.2) is 4.79 Å². The SMILES string of the molecule is O=C(O)c1noc(C2CCNc3ccccc32)n1. The van der Waals surface area contributed by atoms with Gasteiger partial charge in [-0.05, 0) is 23.2 Å². The molecule has 6 nitrogen and oxygen atoms in total. The summed E-state index contributed by atoms with van der Waals surface area (Å²) in [7, 11) is 0. The average Bonchev–Trinajstić information content (AvgIpc) is 2.87. The molecule has 1 aromatic heterocycles. The van der Waals surface area contributed by atoms with Crippen LogP contribution >= 0.6 is 0 Å². The van der Waals surface area contributed by atoms with E-state index in [0.717, 1.165) is 24.2 Å². The Morgan fingerprint density at radius 3 is 3.06 bits per heavy atom.